The molecule has 2 aromatic rings. The lowest BCUT2D eigenvalue weighted by Gasteiger charge is -2.31. The van der Waals surface area contributed by atoms with Crippen molar-refractivity contribution < 1.29 is 9.84 Å². The smallest absolute Gasteiger partial charge is 0.128 e. The van der Waals surface area contributed by atoms with Crippen molar-refractivity contribution in [3.8, 4) is 11.5 Å². The number of aromatic hydroxyl groups is 1. The molecule has 0 radical (unpaired) electrons. The summed E-state index contributed by atoms with van der Waals surface area (Å²) >= 11 is 0. The fraction of sp³-hybridized carbons (Fsp3) is 0.480. The second kappa shape index (κ2) is 8.38. The standard InChI is InChI=1S/C25H33NO2/c1-17-10-9-13-23(18(17)2)26-16-19-14-21(28-5)15-22(24(19)27)25(3,4)20-11-7-6-8-12-20/h6-8,11-12,14-18,23,27H,9-10,13H2,1-5H3. The maximum Gasteiger partial charge on any atom is 0.128 e. The molecule has 3 heteroatoms. The van der Waals surface area contributed by atoms with Crippen molar-refractivity contribution in [2.75, 3.05) is 7.11 Å². The van der Waals surface area contributed by atoms with E-state index in [1.807, 2.05) is 36.5 Å². The summed E-state index contributed by atoms with van der Waals surface area (Å²) in [7, 11) is 1.66. The Balaban J connectivity index is 1.99. The first-order chi connectivity index (χ1) is 13.3. The largest absolute Gasteiger partial charge is 0.507 e. The van der Waals surface area contributed by atoms with Crippen molar-refractivity contribution in [2.24, 2.45) is 16.8 Å². The molecule has 0 saturated heterocycles. The SMILES string of the molecule is COc1cc(C=NC2CCCC(C)C2C)c(O)c(C(C)(C)c2ccccc2)c1. The quantitative estimate of drug-likeness (QED) is 0.650. The van der Waals surface area contributed by atoms with Crippen LogP contribution < -0.4 is 4.74 Å². The van der Waals surface area contributed by atoms with Gasteiger partial charge in [-0.1, -0.05) is 70.9 Å². The average molecular weight is 380 g/mol. The van der Waals surface area contributed by atoms with E-state index < -0.39 is 0 Å². The summed E-state index contributed by atoms with van der Waals surface area (Å²) in [5, 5.41) is 11.1. The monoisotopic (exact) mass is 379 g/mol. The number of rotatable bonds is 5. The summed E-state index contributed by atoms with van der Waals surface area (Å²) in [5.41, 5.74) is 2.37. The van der Waals surface area contributed by atoms with E-state index in [1.54, 1.807) is 7.11 Å². The molecule has 0 aliphatic heterocycles. The van der Waals surface area contributed by atoms with Crippen LogP contribution in [0.15, 0.2) is 47.5 Å². The number of phenols is 1. The molecular weight excluding hydrogens is 346 g/mol. The highest BCUT2D eigenvalue weighted by molar-refractivity contribution is 5.85. The maximum absolute atomic E-state index is 11.1. The topological polar surface area (TPSA) is 41.8 Å². The summed E-state index contributed by atoms with van der Waals surface area (Å²) in [6, 6.07) is 14.4. The normalized spacial score (nSPS) is 23.1. The average Bonchev–Trinajstić information content (AvgIpc) is 2.70. The van der Waals surface area contributed by atoms with Gasteiger partial charge in [0.2, 0.25) is 0 Å². The lowest BCUT2D eigenvalue weighted by atomic mass is 9.77. The molecule has 0 amide bonds. The van der Waals surface area contributed by atoms with E-state index in [1.165, 1.54) is 12.8 Å². The van der Waals surface area contributed by atoms with Crippen LogP contribution in [-0.4, -0.2) is 24.5 Å². The van der Waals surface area contributed by atoms with E-state index >= 15 is 0 Å². The maximum atomic E-state index is 11.1. The number of benzene rings is 2. The second-order valence-corrected chi connectivity index (χ2v) is 8.72. The van der Waals surface area contributed by atoms with Gasteiger partial charge in [-0.3, -0.25) is 4.99 Å². The van der Waals surface area contributed by atoms with Crippen molar-refractivity contribution in [1.29, 1.82) is 0 Å². The van der Waals surface area contributed by atoms with Crippen LogP contribution in [0.2, 0.25) is 0 Å². The van der Waals surface area contributed by atoms with Gasteiger partial charge in [-0.25, -0.2) is 0 Å². The lowest BCUT2D eigenvalue weighted by Crippen LogP contribution is -2.27. The Kier molecular flexibility index (Phi) is 6.12. The third-order valence-corrected chi connectivity index (χ3v) is 6.59. The molecule has 1 fully saturated rings. The van der Waals surface area contributed by atoms with Gasteiger partial charge < -0.3 is 9.84 Å². The first kappa shape index (κ1) is 20.4. The summed E-state index contributed by atoms with van der Waals surface area (Å²) in [5.74, 6) is 2.29. The van der Waals surface area contributed by atoms with Crippen LogP contribution in [0.4, 0.5) is 0 Å². The van der Waals surface area contributed by atoms with Crippen LogP contribution in [-0.2, 0) is 5.41 Å². The molecule has 1 aliphatic carbocycles. The Bertz CT molecular complexity index is 826. The number of methoxy groups -OCH3 is 1. The Morgan fingerprint density at radius 3 is 2.50 bits per heavy atom. The number of phenolic OH excluding ortho intramolecular Hbond substituents is 1. The number of hydrogen-bond acceptors (Lipinski definition) is 3. The van der Waals surface area contributed by atoms with E-state index in [4.69, 9.17) is 9.73 Å². The van der Waals surface area contributed by atoms with Gasteiger partial charge in [0.1, 0.15) is 11.5 Å². The third kappa shape index (κ3) is 4.09. The van der Waals surface area contributed by atoms with Gasteiger partial charge in [0.15, 0.2) is 0 Å². The molecule has 1 saturated carbocycles. The predicted octanol–water partition coefficient (Wildman–Crippen LogP) is 5.97. The highest BCUT2D eigenvalue weighted by Crippen LogP contribution is 2.40. The summed E-state index contributed by atoms with van der Waals surface area (Å²) in [6.45, 7) is 8.86. The van der Waals surface area contributed by atoms with Crippen molar-refractivity contribution in [3.05, 3.63) is 59.2 Å². The van der Waals surface area contributed by atoms with E-state index in [0.717, 1.165) is 28.9 Å². The van der Waals surface area contributed by atoms with Crippen LogP contribution in [0.25, 0.3) is 0 Å². The van der Waals surface area contributed by atoms with E-state index in [-0.39, 0.29) is 11.2 Å². The predicted molar refractivity (Wildman–Crippen MR) is 117 cm³/mol. The molecule has 3 atom stereocenters. The van der Waals surface area contributed by atoms with E-state index in [2.05, 4.69) is 39.8 Å². The molecule has 3 nitrogen and oxygen atoms in total. The van der Waals surface area contributed by atoms with Crippen LogP contribution in [0.5, 0.6) is 11.5 Å². The third-order valence-electron chi connectivity index (χ3n) is 6.59. The molecule has 0 heterocycles. The van der Waals surface area contributed by atoms with Gasteiger partial charge in [0, 0.05) is 22.8 Å². The fourth-order valence-corrected chi connectivity index (χ4v) is 4.27. The molecule has 0 bridgehead atoms. The number of hydrogen-bond donors (Lipinski definition) is 1. The van der Waals surface area contributed by atoms with Gasteiger partial charge in [-0.2, -0.15) is 0 Å². The van der Waals surface area contributed by atoms with Crippen molar-refractivity contribution >= 4 is 6.21 Å². The van der Waals surface area contributed by atoms with Crippen molar-refractivity contribution in [1.82, 2.24) is 0 Å². The van der Waals surface area contributed by atoms with E-state index in [9.17, 15) is 5.11 Å². The minimum atomic E-state index is -0.352. The fourth-order valence-electron chi connectivity index (χ4n) is 4.27. The minimum absolute atomic E-state index is 0.287. The van der Waals surface area contributed by atoms with Gasteiger partial charge in [-0.05, 0) is 36.0 Å². The lowest BCUT2D eigenvalue weighted by molar-refractivity contribution is 0.242. The highest BCUT2D eigenvalue weighted by Gasteiger charge is 2.29. The molecule has 0 spiro atoms. The highest BCUT2D eigenvalue weighted by atomic mass is 16.5. The molecular formula is C25H33NO2. The molecule has 150 valence electrons. The van der Waals surface area contributed by atoms with Crippen molar-refractivity contribution in [2.45, 2.75) is 58.4 Å². The molecule has 0 aromatic heterocycles. The van der Waals surface area contributed by atoms with Crippen LogP contribution >= 0.6 is 0 Å². The number of nitrogens with zero attached hydrogens (tertiary/aromatic N) is 1. The zero-order valence-corrected chi connectivity index (χ0v) is 17.8. The number of aliphatic imine (C=N–C) groups is 1. The Morgan fingerprint density at radius 2 is 1.82 bits per heavy atom. The van der Waals surface area contributed by atoms with Crippen LogP contribution in [0, 0.1) is 11.8 Å². The van der Waals surface area contributed by atoms with Crippen LogP contribution in [0.3, 0.4) is 0 Å². The first-order valence-electron chi connectivity index (χ1n) is 10.3. The van der Waals surface area contributed by atoms with Gasteiger partial charge in [0.05, 0.1) is 13.2 Å². The van der Waals surface area contributed by atoms with Gasteiger partial charge in [-0.15, -0.1) is 0 Å². The molecule has 3 rings (SSSR count). The van der Waals surface area contributed by atoms with Gasteiger partial charge in [0.25, 0.3) is 0 Å². The summed E-state index contributed by atoms with van der Waals surface area (Å²) < 4.78 is 5.54. The molecule has 1 aliphatic rings. The minimum Gasteiger partial charge on any atom is -0.507 e. The Hall–Kier alpha value is -2.29. The van der Waals surface area contributed by atoms with Crippen LogP contribution in [0.1, 0.15) is 63.6 Å². The first-order valence-corrected chi connectivity index (χ1v) is 10.3. The van der Waals surface area contributed by atoms with Gasteiger partial charge >= 0.3 is 0 Å². The Morgan fingerprint density at radius 1 is 1.11 bits per heavy atom. The Labute approximate surface area is 169 Å². The molecule has 2 aromatic carbocycles. The zero-order chi connectivity index (χ0) is 20.3. The van der Waals surface area contributed by atoms with Crippen molar-refractivity contribution in [3.63, 3.8) is 0 Å². The number of ether oxygens (including phenoxy) is 1. The van der Waals surface area contributed by atoms with E-state index in [0.29, 0.717) is 17.9 Å². The molecule has 1 N–H and O–H groups in total. The molecule has 3 unspecified atom stereocenters. The zero-order valence-electron chi connectivity index (χ0n) is 17.8. The summed E-state index contributed by atoms with van der Waals surface area (Å²) in [6.07, 6.45) is 5.48. The molecule has 28 heavy (non-hydrogen) atoms. The second-order valence-electron chi connectivity index (χ2n) is 8.72. The summed E-state index contributed by atoms with van der Waals surface area (Å²) in [4.78, 5) is 4.88.